The Labute approximate surface area is 183 Å². The number of likely N-dealkylation sites (tertiary alicyclic amines) is 1. The van der Waals surface area contributed by atoms with Crippen molar-refractivity contribution < 1.29 is 19.1 Å². The average Bonchev–Trinajstić information content (AvgIpc) is 2.73. The molecule has 0 saturated carbocycles. The second kappa shape index (κ2) is 8.58. The van der Waals surface area contributed by atoms with Gasteiger partial charge in [-0.05, 0) is 61.7 Å². The van der Waals surface area contributed by atoms with E-state index in [-0.39, 0.29) is 11.7 Å². The third-order valence-electron chi connectivity index (χ3n) is 6.13. The van der Waals surface area contributed by atoms with Crippen LogP contribution in [0.25, 0.3) is 6.08 Å². The highest BCUT2D eigenvalue weighted by Crippen LogP contribution is 2.41. The fourth-order valence-corrected chi connectivity index (χ4v) is 4.54. The number of hydrogen-bond acceptors (Lipinski definition) is 4. The van der Waals surface area contributed by atoms with E-state index in [4.69, 9.17) is 9.47 Å². The smallest absolute Gasteiger partial charge is 0.246 e. The summed E-state index contributed by atoms with van der Waals surface area (Å²) in [5.41, 5.74) is 3.23. The molecule has 162 valence electrons. The van der Waals surface area contributed by atoms with E-state index < -0.39 is 5.60 Å². The number of ether oxygens (including phenoxy) is 2. The van der Waals surface area contributed by atoms with Crippen molar-refractivity contribution in [2.24, 2.45) is 0 Å². The van der Waals surface area contributed by atoms with Gasteiger partial charge in [-0.15, -0.1) is 0 Å². The summed E-state index contributed by atoms with van der Waals surface area (Å²) in [6.07, 6.45) is 5.14. The number of nitrogens with zero attached hydrogens (tertiary/aromatic N) is 1. The van der Waals surface area contributed by atoms with Crippen molar-refractivity contribution in [1.82, 2.24) is 4.90 Å². The topological polar surface area (TPSA) is 55.8 Å². The van der Waals surface area contributed by atoms with Gasteiger partial charge in [-0.25, -0.2) is 0 Å². The number of rotatable bonds is 4. The van der Waals surface area contributed by atoms with Gasteiger partial charge in [-0.1, -0.05) is 18.2 Å². The first-order chi connectivity index (χ1) is 14.9. The largest absolute Gasteiger partial charge is 0.494 e. The fourth-order valence-electron chi connectivity index (χ4n) is 4.54. The van der Waals surface area contributed by atoms with E-state index in [1.165, 1.54) is 0 Å². The summed E-state index contributed by atoms with van der Waals surface area (Å²) in [7, 11) is 0. The molecule has 5 nitrogen and oxygen atoms in total. The number of carbonyl (C=O) groups is 2. The molecule has 0 unspecified atom stereocenters. The molecule has 2 aliphatic rings. The summed E-state index contributed by atoms with van der Waals surface area (Å²) in [6.45, 7) is 7.72. The van der Waals surface area contributed by atoms with E-state index >= 15 is 0 Å². The summed E-state index contributed by atoms with van der Waals surface area (Å²) in [5, 5.41) is 0. The summed E-state index contributed by atoms with van der Waals surface area (Å²) in [5.74, 6) is 1.65. The average molecular weight is 420 g/mol. The molecule has 2 aliphatic heterocycles. The van der Waals surface area contributed by atoms with E-state index in [1.807, 2.05) is 68.1 Å². The highest BCUT2D eigenvalue weighted by Gasteiger charge is 2.43. The Morgan fingerprint density at radius 3 is 2.55 bits per heavy atom. The lowest BCUT2D eigenvalue weighted by molar-refractivity contribution is -0.129. The van der Waals surface area contributed by atoms with Crippen LogP contribution in [-0.2, 0) is 4.79 Å². The van der Waals surface area contributed by atoms with Gasteiger partial charge in [0.25, 0.3) is 0 Å². The number of aryl methyl sites for hydroxylation is 2. The third kappa shape index (κ3) is 4.50. The summed E-state index contributed by atoms with van der Waals surface area (Å²) >= 11 is 0. The molecular weight excluding hydrogens is 390 g/mol. The molecule has 4 rings (SSSR count). The molecule has 31 heavy (non-hydrogen) atoms. The van der Waals surface area contributed by atoms with Crippen molar-refractivity contribution in [2.45, 2.75) is 45.6 Å². The van der Waals surface area contributed by atoms with E-state index in [2.05, 4.69) is 0 Å². The van der Waals surface area contributed by atoms with Crippen LogP contribution < -0.4 is 9.47 Å². The molecule has 1 spiro atoms. The molecule has 0 bridgehead atoms. The van der Waals surface area contributed by atoms with Gasteiger partial charge in [-0.2, -0.15) is 0 Å². The first-order valence-electron chi connectivity index (χ1n) is 10.9. The lowest BCUT2D eigenvalue weighted by Gasteiger charge is -2.44. The standard InChI is InChI=1S/C26H29NO4/c1-4-30-21-8-5-20(6-9-21)7-10-24(29)27-13-11-26(12-14-27)17-22(28)25-19(3)15-18(2)16-23(25)31-26/h5-10,15-16H,4,11-14,17H2,1-3H3/b10-7+. The van der Waals surface area contributed by atoms with Crippen LogP contribution in [0.2, 0.25) is 0 Å². The minimum atomic E-state index is -0.500. The predicted octanol–water partition coefficient (Wildman–Crippen LogP) is 4.74. The Hall–Kier alpha value is -3.08. The van der Waals surface area contributed by atoms with Crippen LogP contribution in [0, 0.1) is 13.8 Å². The first kappa shape index (κ1) is 21.2. The maximum atomic E-state index is 12.9. The zero-order valence-electron chi connectivity index (χ0n) is 18.4. The van der Waals surface area contributed by atoms with Gasteiger partial charge in [0.05, 0.1) is 18.6 Å². The van der Waals surface area contributed by atoms with Crippen molar-refractivity contribution >= 4 is 17.8 Å². The Balaban J connectivity index is 1.39. The first-order valence-corrected chi connectivity index (χ1v) is 10.9. The normalized spacial score (nSPS) is 17.5. The maximum Gasteiger partial charge on any atom is 0.246 e. The van der Waals surface area contributed by atoms with E-state index in [0.29, 0.717) is 50.3 Å². The van der Waals surface area contributed by atoms with E-state index in [0.717, 1.165) is 22.4 Å². The predicted molar refractivity (Wildman–Crippen MR) is 121 cm³/mol. The SMILES string of the molecule is CCOc1ccc(/C=C/C(=O)N2CCC3(CC2)CC(=O)c2c(C)cc(C)cc2O3)cc1. The number of ketones is 1. The van der Waals surface area contributed by atoms with Gasteiger partial charge >= 0.3 is 0 Å². The second-order valence-electron chi connectivity index (χ2n) is 8.50. The molecule has 0 radical (unpaired) electrons. The number of piperidine rings is 1. The van der Waals surface area contributed by atoms with Crippen LogP contribution >= 0.6 is 0 Å². The molecule has 0 N–H and O–H groups in total. The van der Waals surface area contributed by atoms with Gasteiger partial charge in [0.15, 0.2) is 5.78 Å². The maximum absolute atomic E-state index is 12.9. The second-order valence-corrected chi connectivity index (χ2v) is 8.50. The number of amides is 1. The number of carbonyl (C=O) groups excluding carboxylic acids is 2. The summed E-state index contributed by atoms with van der Waals surface area (Å²) in [4.78, 5) is 27.4. The molecule has 0 aliphatic carbocycles. The van der Waals surface area contributed by atoms with Crippen LogP contribution in [-0.4, -0.2) is 41.9 Å². The van der Waals surface area contributed by atoms with Gasteiger partial charge in [0, 0.05) is 32.0 Å². The molecule has 0 atom stereocenters. The Morgan fingerprint density at radius 1 is 1.16 bits per heavy atom. The van der Waals surface area contributed by atoms with Crippen molar-refractivity contribution in [3.63, 3.8) is 0 Å². The molecule has 2 aromatic carbocycles. The van der Waals surface area contributed by atoms with Crippen molar-refractivity contribution in [3.8, 4) is 11.5 Å². The molecule has 5 heteroatoms. The molecule has 1 saturated heterocycles. The Morgan fingerprint density at radius 2 is 1.87 bits per heavy atom. The number of Topliss-reactive ketones (excluding diaryl/α,β-unsaturated/α-hetero) is 1. The lowest BCUT2D eigenvalue weighted by atomic mass is 9.81. The Kier molecular flexibility index (Phi) is 5.86. The highest BCUT2D eigenvalue weighted by molar-refractivity contribution is 6.02. The van der Waals surface area contributed by atoms with Gasteiger partial charge in [-0.3, -0.25) is 9.59 Å². The summed E-state index contributed by atoms with van der Waals surface area (Å²) < 4.78 is 11.8. The van der Waals surface area contributed by atoms with Crippen molar-refractivity contribution in [3.05, 3.63) is 64.7 Å². The minimum absolute atomic E-state index is 0.0158. The van der Waals surface area contributed by atoms with Crippen LogP contribution in [0.3, 0.4) is 0 Å². The molecular formula is C26H29NO4. The number of hydrogen-bond donors (Lipinski definition) is 0. The number of fused-ring (bicyclic) bond motifs is 1. The zero-order valence-corrected chi connectivity index (χ0v) is 18.4. The monoisotopic (exact) mass is 419 g/mol. The molecule has 2 aromatic rings. The van der Waals surface area contributed by atoms with Crippen LogP contribution in [0.5, 0.6) is 11.5 Å². The molecule has 1 amide bonds. The van der Waals surface area contributed by atoms with Crippen LogP contribution in [0.4, 0.5) is 0 Å². The minimum Gasteiger partial charge on any atom is -0.494 e. The molecule has 0 aromatic heterocycles. The fraction of sp³-hybridized carbons (Fsp3) is 0.385. The zero-order chi connectivity index (χ0) is 22.0. The van der Waals surface area contributed by atoms with Gasteiger partial charge in [0.2, 0.25) is 5.91 Å². The van der Waals surface area contributed by atoms with E-state index in [9.17, 15) is 9.59 Å². The van der Waals surface area contributed by atoms with E-state index in [1.54, 1.807) is 6.08 Å². The quantitative estimate of drug-likeness (QED) is 0.672. The Bertz CT molecular complexity index is 1010. The molecule has 2 heterocycles. The third-order valence-corrected chi connectivity index (χ3v) is 6.13. The van der Waals surface area contributed by atoms with Crippen LogP contribution in [0.15, 0.2) is 42.5 Å². The highest BCUT2D eigenvalue weighted by atomic mass is 16.5. The molecule has 1 fully saturated rings. The summed E-state index contributed by atoms with van der Waals surface area (Å²) in [6, 6.07) is 11.6. The van der Waals surface area contributed by atoms with Crippen molar-refractivity contribution in [2.75, 3.05) is 19.7 Å². The van der Waals surface area contributed by atoms with Gasteiger partial charge < -0.3 is 14.4 Å². The van der Waals surface area contributed by atoms with Crippen molar-refractivity contribution in [1.29, 1.82) is 0 Å². The lowest BCUT2D eigenvalue weighted by Crippen LogP contribution is -2.52. The number of benzene rings is 2. The van der Waals surface area contributed by atoms with Gasteiger partial charge in [0.1, 0.15) is 17.1 Å². The van der Waals surface area contributed by atoms with Crippen LogP contribution in [0.1, 0.15) is 53.2 Å².